The lowest BCUT2D eigenvalue weighted by molar-refractivity contribution is 0.412. The van der Waals surface area contributed by atoms with Crippen molar-refractivity contribution in [2.45, 2.75) is 43.0 Å². The molecule has 1 aliphatic carbocycles. The second-order valence-corrected chi connectivity index (χ2v) is 8.34. The van der Waals surface area contributed by atoms with Crippen molar-refractivity contribution in [3.63, 3.8) is 0 Å². The van der Waals surface area contributed by atoms with Gasteiger partial charge in [0.2, 0.25) is 15.9 Å². The van der Waals surface area contributed by atoms with Gasteiger partial charge in [-0.1, -0.05) is 19.3 Å². The number of hydrogen-bond acceptors (Lipinski definition) is 5. The molecule has 4 rings (SSSR count). The number of sulfonamides is 1. The van der Waals surface area contributed by atoms with E-state index in [0.717, 1.165) is 32.1 Å². The van der Waals surface area contributed by atoms with Crippen molar-refractivity contribution in [2.75, 3.05) is 0 Å². The molecule has 1 aromatic carbocycles. The Labute approximate surface area is 156 Å². The first-order valence-electron chi connectivity index (χ1n) is 8.82. The Morgan fingerprint density at radius 2 is 1.78 bits per heavy atom. The largest absolute Gasteiger partial charge is 0.415 e. The van der Waals surface area contributed by atoms with Gasteiger partial charge in [-0.3, -0.25) is 0 Å². The van der Waals surface area contributed by atoms with Crippen LogP contribution >= 0.6 is 0 Å². The Morgan fingerprint density at radius 3 is 2.52 bits per heavy atom. The van der Waals surface area contributed by atoms with E-state index in [9.17, 15) is 12.8 Å². The fraction of sp³-hybridized carbons (Fsp3) is 0.333. The van der Waals surface area contributed by atoms with Crippen LogP contribution in [0.25, 0.3) is 23.0 Å². The van der Waals surface area contributed by atoms with Crippen molar-refractivity contribution in [3.8, 4) is 23.0 Å². The monoisotopic (exact) mass is 390 g/mol. The molecule has 0 unspecified atom stereocenters. The molecule has 27 heavy (non-hydrogen) atoms. The van der Waals surface area contributed by atoms with E-state index in [0.29, 0.717) is 11.3 Å². The van der Waals surface area contributed by atoms with E-state index < -0.39 is 10.0 Å². The summed E-state index contributed by atoms with van der Waals surface area (Å²) in [5.74, 6) is 0.0287. The van der Waals surface area contributed by atoms with Crippen LogP contribution in [0, 0.1) is 5.82 Å². The summed E-state index contributed by atoms with van der Waals surface area (Å²) < 4.78 is 46.5. The molecule has 0 spiro atoms. The predicted molar refractivity (Wildman–Crippen MR) is 96.7 cm³/mol. The summed E-state index contributed by atoms with van der Waals surface area (Å²) in [5, 5.41) is 7.87. The van der Waals surface area contributed by atoms with Gasteiger partial charge in [0.05, 0.1) is 0 Å². The maximum Gasteiger partial charge on any atom is 0.264 e. The maximum atomic E-state index is 13.0. The quantitative estimate of drug-likeness (QED) is 0.695. The molecule has 0 bridgehead atoms. The van der Waals surface area contributed by atoms with Gasteiger partial charge in [-0.15, -0.1) is 10.2 Å². The molecule has 0 atom stereocenters. The highest BCUT2D eigenvalue weighted by atomic mass is 32.2. The van der Waals surface area contributed by atoms with Crippen LogP contribution in [0.2, 0.25) is 0 Å². The van der Waals surface area contributed by atoms with Gasteiger partial charge in [-0.05, 0) is 43.2 Å². The highest BCUT2D eigenvalue weighted by Gasteiger charge is 2.24. The van der Waals surface area contributed by atoms with E-state index in [1.165, 1.54) is 36.5 Å². The molecule has 0 saturated heterocycles. The highest BCUT2D eigenvalue weighted by molar-refractivity contribution is 7.89. The summed E-state index contributed by atoms with van der Waals surface area (Å²) in [6.07, 6.45) is 6.37. The van der Waals surface area contributed by atoms with E-state index in [1.54, 1.807) is 0 Å². The fourth-order valence-electron chi connectivity index (χ4n) is 3.20. The number of rotatable bonds is 5. The molecule has 9 heteroatoms. The van der Waals surface area contributed by atoms with Gasteiger partial charge in [-0.25, -0.2) is 17.5 Å². The molecule has 1 saturated carbocycles. The molecule has 1 aliphatic rings. The number of aromatic nitrogens is 3. The highest BCUT2D eigenvalue weighted by Crippen LogP contribution is 2.26. The van der Waals surface area contributed by atoms with Crippen LogP contribution in [-0.2, 0) is 10.0 Å². The number of benzene rings is 1. The van der Waals surface area contributed by atoms with Gasteiger partial charge >= 0.3 is 0 Å². The SMILES string of the molecule is O=S(=O)(NC1CCCCC1)c1c[nH]c(-c2nnc(-c3ccc(F)cc3)o2)c1. The third kappa shape index (κ3) is 3.93. The molecular weight excluding hydrogens is 371 g/mol. The summed E-state index contributed by atoms with van der Waals surface area (Å²) >= 11 is 0. The van der Waals surface area contributed by atoms with E-state index in [1.807, 2.05) is 0 Å². The number of H-pyrrole nitrogens is 1. The average molecular weight is 390 g/mol. The summed E-state index contributed by atoms with van der Waals surface area (Å²) in [6, 6.07) is 7.12. The van der Waals surface area contributed by atoms with Crippen molar-refractivity contribution in [1.82, 2.24) is 19.9 Å². The van der Waals surface area contributed by atoms with Crippen LogP contribution in [0.15, 0.2) is 45.8 Å². The minimum Gasteiger partial charge on any atom is -0.415 e. The first-order valence-corrected chi connectivity index (χ1v) is 10.3. The maximum absolute atomic E-state index is 13.0. The number of halogens is 1. The minimum absolute atomic E-state index is 0.0180. The van der Waals surface area contributed by atoms with E-state index in [-0.39, 0.29) is 28.5 Å². The van der Waals surface area contributed by atoms with Crippen LogP contribution in [0.3, 0.4) is 0 Å². The zero-order chi connectivity index (χ0) is 18.9. The van der Waals surface area contributed by atoms with Crippen molar-refractivity contribution < 1.29 is 17.2 Å². The van der Waals surface area contributed by atoms with Gasteiger partial charge < -0.3 is 9.40 Å². The Hall–Kier alpha value is -2.52. The molecule has 0 amide bonds. The van der Waals surface area contributed by atoms with Gasteiger partial charge in [0.25, 0.3) is 5.89 Å². The smallest absolute Gasteiger partial charge is 0.264 e. The zero-order valence-electron chi connectivity index (χ0n) is 14.5. The Kier molecular flexibility index (Phi) is 4.79. The van der Waals surface area contributed by atoms with E-state index in [2.05, 4.69) is 19.9 Å². The van der Waals surface area contributed by atoms with Crippen LogP contribution < -0.4 is 4.72 Å². The van der Waals surface area contributed by atoms with Gasteiger partial charge in [0.15, 0.2) is 0 Å². The average Bonchev–Trinajstić information content (AvgIpc) is 3.33. The first kappa shape index (κ1) is 17.9. The zero-order valence-corrected chi connectivity index (χ0v) is 15.3. The molecule has 0 radical (unpaired) electrons. The second-order valence-electron chi connectivity index (χ2n) is 6.62. The summed E-state index contributed by atoms with van der Waals surface area (Å²) in [5.41, 5.74) is 0.980. The summed E-state index contributed by atoms with van der Waals surface area (Å²) in [6.45, 7) is 0. The summed E-state index contributed by atoms with van der Waals surface area (Å²) in [7, 11) is -3.61. The summed E-state index contributed by atoms with van der Waals surface area (Å²) in [4.78, 5) is 2.99. The molecular formula is C18H19FN4O3S. The van der Waals surface area contributed by atoms with Crippen LogP contribution in [0.5, 0.6) is 0 Å². The lowest BCUT2D eigenvalue weighted by Crippen LogP contribution is -2.35. The van der Waals surface area contributed by atoms with Crippen molar-refractivity contribution >= 4 is 10.0 Å². The Morgan fingerprint density at radius 1 is 1.07 bits per heavy atom. The van der Waals surface area contributed by atoms with E-state index in [4.69, 9.17) is 4.42 Å². The van der Waals surface area contributed by atoms with Gasteiger partial charge in [-0.2, -0.15) is 0 Å². The minimum atomic E-state index is -3.61. The predicted octanol–water partition coefficient (Wildman–Crippen LogP) is 3.48. The fourth-order valence-corrected chi connectivity index (χ4v) is 4.50. The molecule has 142 valence electrons. The Bertz CT molecular complexity index is 1020. The lowest BCUT2D eigenvalue weighted by Gasteiger charge is -2.22. The first-order chi connectivity index (χ1) is 13.0. The normalized spacial score (nSPS) is 15.9. The molecule has 1 fully saturated rings. The number of aromatic amines is 1. The number of nitrogens with zero attached hydrogens (tertiary/aromatic N) is 2. The molecule has 2 N–H and O–H groups in total. The van der Waals surface area contributed by atoms with Gasteiger partial charge in [0.1, 0.15) is 16.4 Å². The molecule has 0 aliphatic heterocycles. The molecule has 3 aromatic rings. The van der Waals surface area contributed by atoms with E-state index >= 15 is 0 Å². The standard InChI is InChI=1S/C18H19FN4O3S/c19-13-8-6-12(7-9-13)17-21-22-18(26-17)16-10-15(11-20-16)27(24,25)23-14-4-2-1-3-5-14/h6-11,14,20,23H,1-5H2. The number of nitrogens with one attached hydrogen (secondary N) is 2. The van der Waals surface area contributed by atoms with Crippen LogP contribution in [0.4, 0.5) is 4.39 Å². The topological polar surface area (TPSA) is 101 Å². The van der Waals surface area contributed by atoms with Crippen molar-refractivity contribution in [1.29, 1.82) is 0 Å². The molecule has 2 heterocycles. The number of hydrogen-bond donors (Lipinski definition) is 2. The molecule has 2 aromatic heterocycles. The lowest BCUT2D eigenvalue weighted by atomic mass is 9.96. The third-order valence-electron chi connectivity index (χ3n) is 4.64. The second kappa shape index (κ2) is 7.24. The van der Waals surface area contributed by atoms with Crippen LogP contribution in [-0.4, -0.2) is 29.6 Å². The molecule has 7 nitrogen and oxygen atoms in total. The third-order valence-corrected chi connectivity index (χ3v) is 6.14. The van der Waals surface area contributed by atoms with Gasteiger partial charge in [0, 0.05) is 17.8 Å². The van der Waals surface area contributed by atoms with Crippen LogP contribution in [0.1, 0.15) is 32.1 Å². The van der Waals surface area contributed by atoms with Crippen molar-refractivity contribution in [3.05, 3.63) is 42.3 Å². The van der Waals surface area contributed by atoms with Crippen molar-refractivity contribution in [2.24, 2.45) is 0 Å². The Balaban J connectivity index is 1.53.